The molecule has 67 heavy (non-hydrogen) atoms. The van der Waals surface area contributed by atoms with Gasteiger partial charge < -0.3 is 20.3 Å². The normalized spacial score (nSPS) is 12.8. The lowest BCUT2D eigenvalue weighted by atomic mass is 10.0. The minimum Gasteiger partial charge on any atom is -0.466 e. The van der Waals surface area contributed by atoms with Gasteiger partial charge in [0.05, 0.1) is 25.4 Å². The summed E-state index contributed by atoms with van der Waals surface area (Å²) in [5.41, 5.74) is 0. The molecule has 0 saturated heterocycles. The first kappa shape index (κ1) is 65.1. The molecule has 3 N–H and O–H groups in total. The van der Waals surface area contributed by atoms with Crippen molar-refractivity contribution in [3.05, 3.63) is 36.5 Å². The molecule has 0 bridgehead atoms. The van der Waals surface area contributed by atoms with Gasteiger partial charge in [-0.2, -0.15) is 0 Å². The summed E-state index contributed by atoms with van der Waals surface area (Å²) < 4.78 is 5.47. The zero-order valence-electron chi connectivity index (χ0n) is 44.9. The van der Waals surface area contributed by atoms with E-state index in [4.69, 9.17) is 4.74 Å². The number of nitrogens with one attached hydrogen (secondary N) is 1. The largest absolute Gasteiger partial charge is 0.466 e. The van der Waals surface area contributed by atoms with E-state index < -0.39 is 12.1 Å². The SMILES string of the molecule is CCCCCC/C=C\C/C=C\CCCCCCCCCC(=O)OCCCCCC/C=C\CCCCCCCCCC(=O)NC(CO)C(O)CCCCCCCCCCCCCCCCCCC. The maximum absolute atomic E-state index is 12.5. The number of aliphatic hydroxyl groups excluding tert-OH is 2. The lowest BCUT2D eigenvalue weighted by molar-refractivity contribution is -0.143. The van der Waals surface area contributed by atoms with Crippen molar-refractivity contribution in [2.45, 2.75) is 328 Å². The van der Waals surface area contributed by atoms with Crippen LogP contribution < -0.4 is 5.32 Å². The molecule has 0 aliphatic rings. The predicted octanol–water partition coefficient (Wildman–Crippen LogP) is 18.4. The molecule has 0 radical (unpaired) electrons. The summed E-state index contributed by atoms with van der Waals surface area (Å²) in [5, 5.41) is 23.3. The number of hydrogen-bond donors (Lipinski definition) is 3. The lowest BCUT2D eigenvalue weighted by Crippen LogP contribution is -2.45. The third kappa shape index (κ3) is 53.3. The van der Waals surface area contributed by atoms with Gasteiger partial charge in [0, 0.05) is 12.8 Å². The number of rotatable bonds is 55. The molecule has 2 unspecified atom stereocenters. The molecule has 0 saturated carbocycles. The maximum Gasteiger partial charge on any atom is 0.305 e. The van der Waals surface area contributed by atoms with Crippen molar-refractivity contribution in [1.82, 2.24) is 5.32 Å². The molecule has 0 aromatic heterocycles. The van der Waals surface area contributed by atoms with Crippen LogP contribution in [0.3, 0.4) is 0 Å². The molecule has 0 spiro atoms. The average molecular weight is 943 g/mol. The third-order valence-corrected chi connectivity index (χ3v) is 13.7. The van der Waals surface area contributed by atoms with Gasteiger partial charge in [-0.25, -0.2) is 0 Å². The van der Waals surface area contributed by atoms with Gasteiger partial charge >= 0.3 is 5.97 Å². The third-order valence-electron chi connectivity index (χ3n) is 13.7. The fourth-order valence-electron chi connectivity index (χ4n) is 9.08. The second-order valence-electron chi connectivity index (χ2n) is 20.3. The highest BCUT2D eigenvalue weighted by atomic mass is 16.5. The smallest absolute Gasteiger partial charge is 0.305 e. The van der Waals surface area contributed by atoms with E-state index in [-0.39, 0.29) is 18.5 Å². The van der Waals surface area contributed by atoms with Crippen LogP contribution in [0.25, 0.3) is 0 Å². The zero-order valence-corrected chi connectivity index (χ0v) is 44.9. The van der Waals surface area contributed by atoms with Crippen LogP contribution >= 0.6 is 0 Å². The molecule has 2 atom stereocenters. The van der Waals surface area contributed by atoms with Crippen LogP contribution in [0.2, 0.25) is 0 Å². The first-order valence-corrected chi connectivity index (χ1v) is 29.7. The fourth-order valence-corrected chi connectivity index (χ4v) is 9.08. The minimum absolute atomic E-state index is 0.0172. The summed E-state index contributed by atoms with van der Waals surface area (Å²) in [6, 6.07) is -0.554. The summed E-state index contributed by atoms with van der Waals surface area (Å²) in [6.07, 6.45) is 69.9. The van der Waals surface area contributed by atoms with Crippen molar-refractivity contribution in [2.75, 3.05) is 13.2 Å². The highest BCUT2D eigenvalue weighted by Crippen LogP contribution is 2.17. The second-order valence-corrected chi connectivity index (χ2v) is 20.3. The van der Waals surface area contributed by atoms with Gasteiger partial charge in [0.15, 0.2) is 0 Å². The summed E-state index contributed by atoms with van der Waals surface area (Å²) in [6.45, 7) is 4.91. The predicted molar refractivity (Wildman–Crippen MR) is 292 cm³/mol. The Morgan fingerprint density at radius 1 is 0.418 bits per heavy atom. The molecule has 6 heteroatoms. The van der Waals surface area contributed by atoms with Crippen molar-refractivity contribution in [2.24, 2.45) is 0 Å². The van der Waals surface area contributed by atoms with Gasteiger partial charge in [-0.1, -0.05) is 256 Å². The van der Waals surface area contributed by atoms with E-state index in [1.165, 1.54) is 205 Å². The van der Waals surface area contributed by atoms with Crippen LogP contribution in [0, 0.1) is 0 Å². The Morgan fingerprint density at radius 2 is 0.746 bits per heavy atom. The molecule has 394 valence electrons. The van der Waals surface area contributed by atoms with Crippen molar-refractivity contribution in [1.29, 1.82) is 0 Å². The van der Waals surface area contributed by atoms with Crippen LogP contribution in [0.1, 0.15) is 316 Å². The number of allylic oxidation sites excluding steroid dienone is 6. The Labute approximate surface area is 417 Å². The first-order valence-electron chi connectivity index (χ1n) is 29.7. The highest BCUT2D eigenvalue weighted by Gasteiger charge is 2.20. The molecule has 1 amide bonds. The topological polar surface area (TPSA) is 95.9 Å². The molecular formula is C61H115NO5. The summed E-state index contributed by atoms with van der Waals surface area (Å²) >= 11 is 0. The molecule has 0 rings (SSSR count). The monoisotopic (exact) mass is 942 g/mol. The van der Waals surface area contributed by atoms with E-state index in [1.807, 2.05) is 0 Å². The molecule has 0 heterocycles. The van der Waals surface area contributed by atoms with E-state index in [0.29, 0.717) is 25.9 Å². The van der Waals surface area contributed by atoms with Crippen LogP contribution in [0.5, 0.6) is 0 Å². The van der Waals surface area contributed by atoms with E-state index in [1.54, 1.807) is 0 Å². The maximum atomic E-state index is 12.5. The molecule has 6 nitrogen and oxygen atoms in total. The molecule has 0 aliphatic carbocycles. The standard InChI is InChI=1S/C61H115NO5/c1-3-5-7-9-11-13-15-17-19-21-23-27-31-35-39-43-47-51-55-61(66)67-56-52-48-44-40-36-32-28-24-26-30-34-38-42-46-50-54-60(65)62-58(57-63)59(64)53-49-45-41-37-33-29-25-22-20-18-16-14-12-10-8-6-4-2/h13,15,19,21,28,32,58-59,63-64H,3-12,14,16-18,20,22-27,29-31,33-57H2,1-2H3,(H,62,65)/b15-13-,21-19-,32-28-. The Kier molecular flexibility index (Phi) is 55.0. The quantitative estimate of drug-likeness (QED) is 0.0321. The Morgan fingerprint density at radius 3 is 1.16 bits per heavy atom. The number of esters is 1. The average Bonchev–Trinajstić information content (AvgIpc) is 3.33. The number of ether oxygens (including phenoxy) is 1. The van der Waals surface area contributed by atoms with Gasteiger partial charge in [0.25, 0.3) is 0 Å². The van der Waals surface area contributed by atoms with Gasteiger partial charge in [-0.3, -0.25) is 9.59 Å². The fraction of sp³-hybridized carbons (Fsp3) is 0.869. The van der Waals surface area contributed by atoms with Gasteiger partial charge in [-0.15, -0.1) is 0 Å². The Bertz CT molecular complexity index is 1090. The Hall–Kier alpha value is -1.92. The van der Waals surface area contributed by atoms with Crippen LogP contribution in [-0.4, -0.2) is 47.4 Å². The van der Waals surface area contributed by atoms with Crippen LogP contribution in [-0.2, 0) is 14.3 Å². The molecule has 0 aromatic rings. The molecule has 0 aliphatic heterocycles. The van der Waals surface area contributed by atoms with Crippen molar-refractivity contribution in [3.63, 3.8) is 0 Å². The molecular weight excluding hydrogens is 827 g/mol. The number of aliphatic hydroxyl groups is 2. The number of carbonyl (C=O) groups is 2. The molecule has 0 aromatic carbocycles. The van der Waals surface area contributed by atoms with Gasteiger partial charge in [0.2, 0.25) is 5.91 Å². The van der Waals surface area contributed by atoms with Crippen LogP contribution in [0.15, 0.2) is 36.5 Å². The summed E-state index contributed by atoms with van der Waals surface area (Å²) in [5.74, 6) is -0.0663. The van der Waals surface area contributed by atoms with Gasteiger partial charge in [-0.05, 0) is 83.5 Å². The number of carbonyl (C=O) groups excluding carboxylic acids is 2. The van der Waals surface area contributed by atoms with E-state index in [2.05, 4.69) is 55.6 Å². The van der Waals surface area contributed by atoms with E-state index in [9.17, 15) is 19.8 Å². The van der Waals surface area contributed by atoms with Crippen molar-refractivity contribution in [3.8, 4) is 0 Å². The first-order chi connectivity index (χ1) is 33.0. The zero-order chi connectivity index (χ0) is 48.6. The second kappa shape index (κ2) is 56.7. The number of hydrogen-bond acceptors (Lipinski definition) is 5. The Balaban J connectivity index is 3.47. The van der Waals surface area contributed by atoms with Crippen molar-refractivity contribution >= 4 is 11.9 Å². The van der Waals surface area contributed by atoms with Gasteiger partial charge in [0.1, 0.15) is 0 Å². The summed E-state index contributed by atoms with van der Waals surface area (Å²) in [4.78, 5) is 24.6. The number of unbranched alkanes of at least 4 members (excludes halogenated alkanes) is 38. The highest BCUT2D eigenvalue weighted by molar-refractivity contribution is 5.76. The number of amides is 1. The minimum atomic E-state index is -0.675. The van der Waals surface area contributed by atoms with Crippen molar-refractivity contribution < 1.29 is 24.5 Å². The molecule has 0 fully saturated rings. The summed E-state index contributed by atoms with van der Waals surface area (Å²) in [7, 11) is 0. The van der Waals surface area contributed by atoms with Crippen LogP contribution in [0.4, 0.5) is 0 Å². The van der Waals surface area contributed by atoms with E-state index in [0.717, 1.165) is 77.0 Å². The van der Waals surface area contributed by atoms with E-state index >= 15 is 0 Å². The lowest BCUT2D eigenvalue weighted by Gasteiger charge is -2.22.